The fraction of sp³-hybridized carbons (Fsp3) is 0.933. The summed E-state index contributed by atoms with van der Waals surface area (Å²) in [7, 11) is 0. The van der Waals surface area contributed by atoms with Crippen LogP contribution >= 0.6 is 0 Å². The quantitative estimate of drug-likeness (QED) is 0.484. The second kappa shape index (κ2) is 4.65. The molecular formula is C15H27N3O. The van der Waals surface area contributed by atoms with Crippen LogP contribution in [0.15, 0.2) is 0 Å². The van der Waals surface area contributed by atoms with E-state index in [-0.39, 0.29) is 11.6 Å². The van der Waals surface area contributed by atoms with Crippen LogP contribution in [0, 0.1) is 17.8 Å². The maximum atomic E-state index is 12.5. The molecule has 0 aliphatic heterocycles. The largest absolute Gasteiger partial charge is 0.334 e. The van der Waals surface area contributed by atoms with Crippen LogP contribution in [0.3, 0.4) is 0 Å². The lowest BCUT2D eigenvalue weighted by molar-refractivity contribution is -0.0753. The van der Waals surface area contributed by atoms with Crippen LogP contribution < -0.4 is 5.84 Å². The van der Waals surface area contributed by atoms with Gasteiger partial charge in [0.15, 0.2) is 0 Å². The van der Waals surface area contributed by atoms with E-state index in [1.165, 1.54) is 19.3 Å². The minimum atomic E-state index is -0.0194. The zero-order chi connectivity index (χ0) is 13.6. The molecule has 4 aliphatic rings. The fourth-order valence-corrected chi connectivity index (χ4v) is 5.21. The molecule has 2 N–H and O–H groups in total. The molecule has 0 aromatic rings. The van der Waals surface area contributed by atoms with E-state index in [0.717, 1.165) is 50.1 Å². The Bertz CT molecular complexity index is 329. The number of hydrogen-bond donors (Lipinski definition) is 1. The third kappa shape index (κ3) is 2.04. The van der Waals surface area contributed by atoms with E-state index < -0.39 is 0 Å². The second-order valence-electron chi connectivity index (χ2n) is 6.97. The predicted molar refractivity (Wildman–Crippen MR) is 75.2 cm³/mol. The molecule has 0 aromatic carbocycles. The molecule has 4 fully saturated rings. The lowest BCUT2D eigenvalue weighted by Gasteiger charge is -2.59. The summed E-state index contributed by atoms with van der Waals surface area (Å²) in [6.07, 6.45) is 7.57. The van der Waals surface area contributed by atoms with Gasteiger partial charge >= 0.3 is 6.03 Å². The standard InChI is InChI=1S/C15H27N3O/c1-3-17(4-2)14(19)18(16)15-8-11-5-12(9-15)7-13(6-11)10-15/h11-13H,3-10,16H2,1-2H3. The van der Waals surface area contributed by atoms with Crippen LogP contribution in [-0.4, -0.2) is 34.6 Å². The number of hydrogen-bond acceptors (Lipinski definition) is 2. The summed E-state index contributed by atoms with van der Waals surface area (Å²) in [4.78, 5) is 14.4. The lowest BCUT2D eigenvalue weighted by atomic mass is 9.53. The number of hydrazine groups is 1. The van der Waals surface area contributed by atoms with E-state index in [0.29, 0.717) is 0 Å². The Labute approximate surface area is 116 Å². The van der Waals surface area contributed by atoms with Crippen molar-refractivity contribution in [3.63, 3.8) is 0 Å². The highest BCUT2D eigenvalue weighted by molar-refractivity contribution is 5.74. The Morgan fingerprint density at radius 1 is 1.05 bits per heavy atom. The minimum absolute atomic E-state index is 0.0194. The van der Waals surface area contributed by atoms with Gasteiger partial charge < -0.3 is 4.90 Å². The SMILES string of the molecule is CCN(CC)C(=O)N(N)C12CC3CC(CC(C3)C1)C2. The van der Waals surface area contributed by atoms with E-state index in [1.807, 2.05) is 18.7 Å². The van der Waals surface area contributed by atoms with Gasteiger partial charge in [-0.3, -0.25) is 5.01 Å². The van der Waals surface area contributed by atoms with Gasteiger partial charge in [-0.1, -0.05) is 0 Å². The summed E-state index contributed by atoms with van der Waals surface area (Å²) >= 11 is 0. The fourth-order valence-electron chi connectivity index (χ4n) is 5.21. The van der Waals surface area contributed by atoms with Crippen LogP contribution in [-0.2, 0) is 0 Å². The molecule has 0 radical (unpaired) electrons. The Balaban J connectivity index is 1.79. The molecule has 0 unspecified atom stereocenters. The van der Waals surface area contributed by atoms with Gasteiger partial charge in [0.2, 0.25) is 0 Å². The normalized spacial score (nSPS) is 39.4. The van der Waals surface area contributed by atoms with Gasteiger partial charge in [0.05, 0.1) is 5.54 Å². The molecule has 4 nitrogen and oxygen atoms in total. The second-order valence-corrected chi connectivity index (χ2v) is 6.97. The third-order valence-corrected chi connectivity index (χ3v) is 5.76. The number of urea groups is 1. The zero-order valence-corrected chi connectivity index (χ0v) is 12.3. The van der Waals surface area contributed by atoms with Crippen LogP contribution in [0.1, 0.15) is 52.4 Å². The Kier molecular flexibility index (Phi) is 3.24. The molecule has 0 aromatic heterocycles. The number of amides is 2. The maximum Gasteiger partial charge on any atom is 0.334 e. The average molecular weight is 265 g/mol. The van der Waals surface area contributed by atoms with Crippen molar-refractivity contribution in [1.29, 1.82) is 0 Å². The van der Waals surface area contributed by atoms with Crippen LogP contribution in [0.2, 0.25) is 0 Å². The molecule has 0 atom stereocenters. The van der Waals surface area contributed by atoms with Crippen molar-refractivity contribution in [2.45, 2.75) is 57.9 Å². The Morgan fingerprint density at radius 3 is 1.84 bits per heavy atom. The highest BCUT2D eigenvalue weighted by atomic mass is 16.2. The topological polar surface area (TPSA) is 49.6 Å². The average Bonchev–Trinajstić information content (AvgIpc) is 2.37. The summed E-state index contributed by atoms with van der Waals surface area (Å²) in [5, 5.41) is 1.63. The summed E-state index contributed by atoms with van der Waals surface area (Å²) in [5.41, 5.74) is -0.0194. The van der Waals surface area contributed by atoms with Gasteiger partial charge in [-0.2, -0.15) is 0 Å². The first kappa shape index (κ1) is 13.2. The van der Waals surface area contributed by atoms with Crippen molar-refractivity contribution in [2.75, 3.05) is 13.1 Å². The number of carbonyl (C=O) groups is 1. The van der Waals surface area contributed by atoms with Gasteiger partial charge in [0.25, 0.3) is 0 Å². The summed E-state index contributed by atoms with van der Waals surface area (Å²) in [6, 6.07) is 0.0342. The smallest absolute Gasteiger partial charge is 0.324 e. The molecule has 4 bridgehead atoms. The number of carbonyl (C=O) groups excluding carboxylic acids is 1. The molecule has 4 rings (SSSR count). The minimum Gasteiger partial charge on any atom is -0.324 e. The van der Waals surface area contributed by atoms with Crippen molar-refractivity contribution in [2.24, 2.45) is 23.6 Å². The molecule has 19 heavy (non-hydrogen) atoms. The molecule has 4 aliphatic carbocycles. The van der Waals surface area contributed by atoms with E-state index in [2.05, 4.69) is 0 Å². The zero-order valence-electron chi connectivity index (χ0n) is 12.3. The molecule has 4 heteroatoms. The molecule has 0 saturated heterocycles. The van der Waals surface area contributed by atoms with Crippen molar-refractivity contribution < 1.29 is 4.79 Å². The van der Waals surface area contributed by atoms with Crippen LogP contribution in [0.5, 0.6) is 0 Å². The van der Waals surface area contributed by atoms with E-state index >= 15 is 0 Å². The highest BCUT2D eigenvalue weighted by Gasteiger charge is 2.54. The van der Waals surface area contributed by atoms with E-state index in [4.69, 9.17) is 5.84 Å². The van der Waals surface area contributed by atoms with Gasteiger partial charge in [0.1, 0.15) is 0 Å². The monoisotopic (exact) mass is 265 g/mol. The Hall–Kier alpha value is -0.770. The van der Waals surface area contributed by atoms with Gasteiger partial charge in [-0.25, -0.2) is 10.6 Å². The van der Waals surface area contributed by atoms with E-state index in [1.54, 1.807) is 5.01 Å². The van der Waals surface area contributed by atoms with Crippen LogP contribution in [0.4, 0.5) is 4.79 Å². The van der Waals surface area contributed by atoms with Gasteiger partial charge in [-0.15, -0.1) is 0 Å². The molecule has 2 amide bonds. The number of nitrogens with two attached hydrogens (primary N) is 1. The first-order valence-electron chi connectivity index (χ1n) is 7.91. The summed E-state index contributed by atoms with van der Waals surface area (Å²) < 4.78 is 0. The molecular weight excluding hydrogens is 238 g/mol. The van der Waals surface area contributed by atoms with Gasteiger partial charge in [0, 0.05) is 13.1 Å². The first-order chi connectivity index (χ1) is 9.08. The third-order valence-electron chi connectivity index (χ3n) is 5.76. The number of rotatable bonds is 3. The van der Waals surface area contributed by atoms with Crippen molar-refractivity contribution in [1.82, 2.24) is 9.91 Å². The predicted octanol–water partition coefficient (Wildman–Crippen LogP) is 2.59. The lowest BCUT2D eigenvalue weighted by Crippen LogP contribution is -2.66. The van der Waals surface area contributed by atoms with Crippen molar-refractivity contribution >= 4 is 6.03 Å². The van der Waals surface area contributed by atoms with Gasteiger partial charge in [-0.05, 0) is 70.1 Å². The molecule has 0 heterocycles. The number of nitrogens with zero attached hydrogens (tertiary/aromatic N) is 2. The molecule has 108 valence electrons. The Morgan fingerprint density at radius 2 is 1.47 bits per heavy atom. The van der Waals surface area contributed by atoms with Crippen molar-refractivity contribution in [3.8, 4) is 0 Å². The highest BCUT2D eigenvalue weighted by Crippen LogP contribution is 2.57. The van der Waals surface area contributed by atoms with Crippen LogP contribution in [0.25, 0.3) is 0 Å². The summed E-state index contributed by atoms with van der Waals surface area (Å²) in [6.45, 7) is 5.54. The van der Waals surface area contributed by atoms with E-state index in [9.17, 15) is 4.79 Å². The van der Waals surface area contributed by atoms with Crippen molar-refractivity contribution in [3.05, 3.63) is 0 Å². The maximum absolute atomic E-state index is 12.5. The molecule has 4 saturated carbocycles. The first-order valence-corrected chi connectivity index (χ1v) is 7.91. The molecule has 0 spiro atoms. The summed E-state index contributed by atoms with van der Waals surface area (Å²) in [5.74, 6) is 8.77.